The van der Waals surface area contributed by atoms with Crippen molar-refractivity contribution >= 4 is 23.0 Å². The molecule has 0 unspecified atom stereocenters. The summed E-state index contributed by atoms with van der Waals surface area (Å²) in [5.74, 6) is 0.775. The van der Waals surface area contributed by atoms with Crippen molar-refractivity contribution < 1.29 is 4.74 Å². The molecule has 0 bridgehead atoms. The van der Waals surface area contributed by atoms with E-state index in [0.717, 1.165) is 28.5 Å². The van der Waals surface area contributed by atoms with Gasteiger partial charge in [0.15, 0.2) is 5.11 Å². The molecule has 0 radical (unpaired) electrons. The van der Waals surface area contributed by atoms with Crippen LogP contribution in [0.25, 0.3) is 5.69 Å². The maximum absolute atomic E-state index is 5.86. The highest BCUT2D eigenvalue weighted by Gasteiger charge is 2.43. The third kappa shape index (κ3) is 3.52. The number of methoxy groups -OCH3 is 1. The van der Waals surface area contributed by atoms with Gasteiger partial charge in [-0.25, -0.2) is 0 Å². The molecule has 2 aromatic heterocycles. The van der Waals surface area contributed by atoms with Crippen molar-refractivity contribution in [3.8, 4) is 11.4 Å². The summed E-state index contributed by atoms with van der Waals surface area (Å²) in [4.78, 5) is 6.80. The Morgan fingerprint density at radius 1 is 0.969 bits per heavy atom. The van der Waals surface area contributed by atoms with Crippen LogP contribution in [0.5, 0.6) is 5.75 Å². The van der Waals surface area contributed by atoms with Crippen molar-refractivity contribution in [2.24, 2.45) is 0 Å². The van der Waals surface area contributed by atoms with E-state index in [0.29, 0.717) is 5.11 Å². The van der Waals surface area contributed by atoms with Crippen LogP contribution in [0.15, 0.2) is 91.3 Å². The molecule has 1 aliphatic heterocycles. The van der Waals surface area contributed by atoms with E-state index in [1.807, 2.05) is 48.7 Å². The van der Waals surface area contributed by atoms with Crippen molar-refractivity contribution in [2.45, 2.75) is 19.0 Å². The van der Waals surface area contributed by atoms with Gasteiger partial charge in [-0.1, -0.05) is 30.3 Å². The predicted molar refractivity (Wildman–Crippen MR) is 131 cm³/mol. The molecule has 0 spiro atoms. The standard InChI is InChI=1S/C26H24N4OS/c1-18-9-7-10-19(17-18)29-16-8-13-22(29)25-24(20-11-5-6-15-27-20)28-26(32)30(25)21-12-3-4-14-23(21)31-2/h3-17,24-25H,1-2H3,(H,28,32)/t24-,25+/m1/s1. The van der Waals surface area contributed by atoms with E-state index < -0.39 is 0 Å². The second kappa shape index (κ2) is 8.48. The molecule has 0 aliphatic carbocycles. The van der Waals surface area contributed by atoms with E-state index in [1.54, 1.807) is 7.11 Å². The molecule has 1 fully saturated rings. The van der Waals surface area contributed by atoms with Crippen LogP contribution in [-0.2, 0) is 0 Å². The number of benzene rings is 2. The number of thiocarbonyl (C=S) groups is 1. The predicted octanol–water partition coefficient (Wildman–Crippen LogP) is 5.37. The Morgan fingerprint density at radius 3 is 2.59 bits per heavy atom. The first-order chi connectivity index (χ1) is 15.7. The molecule has 2 aromatic carbocycles. The maximum atomic E-state index is 5.86. The lowest BCUT2D eigenvalue weighted by atomic mass is 10.0. The maximum Gasteiger partial charge on any atom is 0.174 e. The molecule has 0 amide bonds. The summed E-state index contributed by atoms with van der Waals surface area (Å²) in [6.45, 7) is 2.11. The first-order valence-electron chi connectivity index (χ1n) is 10.6. The Balaban J connectivity index is 1.70. The zero-order valence-corrected chi connectivity index (χ0v) is 18.8. The quantitative estimate of drug-likeness (QED) is 0.423. The normalized spacial score (nSPS) is 17.9. The van der Waals surface area contributed by atoms with Gasteiger partial charge < -0.3 is 19.5 Å². The van der Waals surface area contributed by atoms with Gasteiger partial charge >= 0.3 is 0 Å². The van der Waals surface area contributed by atoms with Crippen LogP contribution < -0.4 is 15.0 Å². The van der Waals surface area contributed by atoms with Crippen LogP contribution >= 0.6 is 12.2 Å². The number of aromatic nitrogens is 2. The largest absolute Gasteiger partial charge is 0.495 e. The Hall–Kier alpha value is -3.64. The molecule has 6 heteroatoms. The van der Waals surface area contributed by atoms with Gasteiger partial charge in [-0.2, -0.15) is 0 Å². The number of pyridine rings is 1. The van der Waals surface area contributed by atoms with Gasteiger partial charge in [-0.3, -0.25) is 4.98 Å². The molecule has 160 valence electrons. The fraction of sp³-hybridized carbons (Fsp3) is 0.154. The van der Waals surface area contributed by atoms with Gasteiger partial charge in [-0.15, -0.1) is 0 Å². The average Bonchev–Trinajstić information content (AvgIpc) is 3.44. The number of nitrogens with zero attached hydrogens (tertiary/aromatic N) is 3. The lowest BCUT2D eigenvalue weighted by Gasteiger charge is -2.30. The number of hydrogen-bond donors (Lipinski definition) is 1. The van der Waals surface area contributed by atoms with Crippen LogP contribution in [0.4, 0.5) is 5.69 Å². The lowest BCUT2D eigenvalue weighted by Crippen LogP contribution is -2.30. The summed E-state index contributed by atoms with van der Waals surface area (Å²) >= 11 is 5.86. The molecular formula is C26H24N4OS. The number of rotatable bonds is 5. The molecule has 5 nitrogen and oxygen atoms in total. The van der Waals surface area contributed by atoms with Crippen molar-refractivity contribution in [1.82, 2.24) is 14.9 Å². The van der Waals surface area contributed by atoms with Gasteiger partial charge in [-0.05, 0) is 73.2 Å². The summed E-state index contributed by atoms with van der Waals surface area (Å²) in [6, 6.07) is 26.5. The summed E-state index contributed by atoms with van der Waals surface area (Å²) in [7, 11) is 1.69. The van der Waals surface area contributed by atoms with Gasteiger partial charge in [0.1, 0.15) is 11.8 Å². The molecule has 1 saturated heterocycles. The van der Waals surface area contributed by atoms with Crippen molar-refractivity contribution in [2.75, 3.05) is 12.0 Å². The fourth-order valence-electron chi connectivity index (χ4n) is 4.39. The minimum absolute atomic E-state index is 0.118. The van der Waals surface area contributed by atoms with E-state index >= 15 is 0 Å². The Morgan fingerprint density at radius 2 is 1.81 bits per heavy atom. The Kier molecular flexibility index (Phi) is 5.37. The van der Waals surface area contributed by atoms with E-state index in [4.69, 9.17) is 17.0 Å². The van der Waals surface area contributed by atoms with Crippen LogP contribution in [0, 0.1) is 6.92 Å². The number of anilines is 1. The van der Waals surface area contributed by atoms with Gasteiger partial charge in [0.25, 0.3) is 0 Å². The highest BCUT2D eigenvalue weighted by Crippen LogP contribution is 2.44. The molecule has 1 aliphatic rings. The number of para-hydroxylation sites is 2. The summed E-state index contributed by atoms with van der Waals surface area (Å²) in [5.41, 5.74) is 5.30. The molecule has 1 N–H and O–H groups in total. The van der Waals surface area contributed by atoms with Gasteiger partial charge in [0.2, 0.25) is 0 Å². The van der Waals surface area contributed by atoms with Crippen LogP contribution in [-0.4, -0.2) is 21.8 Å². The minimum Gasteiger partial charge on any atom is -0.495 e. The molecule has 3 heterocycles. The SMILES string of the molecule is COc1ccccc1N1C(=S)N[C@H](c2ccccn2)[C@@H]1c1cccn1-c1cccc(C)c1. The molecule has 5 rings (SSSR count). The zero-order chi connectivity index (χ0) is 22.1. The molecule has 0 saturated carbocycles. The number of ether oxygens (including phenoxy) is 1. The Labute approximate surface area is 193 Å². The molecule has 32 heavy (non-hydrogen) atoms. The fourth-order valence-corrected chi connectivity index (χ4v) is 4.73. The van der Waals surface area contributed by atoms with Crippen molar-refractivity contribution in [3.05, 3.63) is 108 Å². The van der Waals surface area contributed by atoms with Crippen molar-refractivity contribution in [3.63, 3.8) is 0 Å². The van der Waals surface area contributed by atoms with Crippen molar-refractivity contribution in [1.29, 1.82) is 0 Å². The molecular weight excluding hydrogens is 416 g/mol. The first-order valence-corrected chi connectivity index (χ1v) is 11.0. The molecule has 2 atom stereocenters. The second-order valence-electron chi connectivity index (χ2n) is 7.81. The molecule has 4 aromatic rings. The second-order valence-corrected chi connectivity index (χ2v) is 8.20. The van der Waals surface area contributed by atoms with Crippen LogP contribution in [0.1, 0.15) is 29.0 Å². The third-order valence-corrected chi connectivity index (χ3v) is 6.12. The topological polar surface area (TPSA) is 42.3 Å². The monoisotopic (exact) mass is 440 g/mol. The summed E-state index contributed by atoms with van der Waals surface area (Å²) in [5, 5.41) is 4.17. The van der Waals surface area contributed by atoms with Gasteiger partial charge in [0, 0.05) is 23.8 Å². The van der Waals surface area contributed by atoms with E-state index in [1.165, 1.54) is 5.56 Å². The lowest BCUT2D eigenvalue weighted by molar-refractivity contribution is 0.414. The highest BCUT2D eigenvalue weighted by atomic mass is 32.1. The smallest absolute Gasteiger partial charge is 0.174 e. The average molecular weight is 441 g/mol. The van der Waals surface area contributed by atoms with Crippen LogP contribution in [0.2, 0.25) is 0 Å². The number of hydrogen-bond acceptors (Lipinski definition) is 3. The van der Waals surface area contributed by atoms with E-state index in [-0.39, 0.29) is 12.1 Å². The number of nitrogens with one attached hydrogen (secondary N) is 1. The first kappa shape index (κ1) is 20.3. The van der Waals surface area contributed by atoms with Gasteiger partial charge in [0.05, 0.1) is 24.5 Å². The van der Waals surface area contributed by atoms with E-state index in [9.17, 15) is 0 Å². The summed E-state index contributed by atoms with van der Waals surface area (Å²) in [6.07, 6.45) is 3.92. The summed E-state index contributed by atoms with van der Waals surface area (Å²) < 4.78 is 7.92. The third-order valence-electron chi connectivity index (χ3n) is 5.81. The zero-order valence-electron chi connectivity index (χ0n) is 18.0. The number of aryl methyl sites for hydroxylation is 1. The van der Waals surface area contributed by atoms with Crippen LogP contribution in [0.3, 0.4) is 0 Å². The van der Waals surface area contributed by atoms with E-state index in [2.05, 4.69) is 69.3 Å². The minimum atomic E-state index is -0.121. The Bertz CT molecular complexity index is 1250. The highest BCUT2D eigenvalue weighted by molar-refractivity contribution is 7.80.